The van der Waals surface area contributed by atoms with E-state index >= 15 is 0 Å². The third-order valence-corrected chi connectivity index (χ3v) is 3.00. The van der Waals surface area contributed by atoms with Gasteiger partial charge in [0.2, 0.25) is 0 Å². The van der Waals surface area contributed by atoms with Crippen molar-refractivity contribution in [3.05, 3.63) is 6.92 Å². The first-order chi connectivity index (χ1) is 4.65. The first-order valence-corrected chi connectivity index (χ1v) is 5.04. The molecule has 0 aromatic rings. The highest BCUT2D eigenvalue weighted by Gasteiger charge is 2.27. The summed E-state index contributed by atoms with van der Waals surface area (Å²) in [5, 5.41) is 0. The summed E-state index contributed by atoms with van der Waals surface area (Å²) >= 11 is 0. The molecular weight excluding hydrogens is 164 g/mol. The molecule has 0 aromatic heterocycles. The quantitative estimate of drug-likeness (QED) is 0.666. The fourth-order valence-corrected chi connectivity index (χ4v) is 1.84. The molecule has 3 nitrogen and oxygen atoms in total. The highest BCUT2D eigenvalue weighted by Crippen LogP contribution is 2.26. The Kier molecular flexibility index (Phi) is 3.08. The maximum absolute atomic E-state index is 10.5. The lowest BCUT2D eigenvalue weighted by atomic mass is 9.83. The van der Waals surface area contributed by atoms with E-state index in [1.807, 2.05) is 6.92 Å². The summed E-state index contributed by atoms with van der Waals surface area (Å²) in [5.74, 6) is -0.241. The largest absolute Gasteiger partial charge is 0.286 e. The van der Waals surface area contributed by atoms with Crippen molar-refractivity contribution < 1.29 is 13.0 Å². The number of hydrogen-bond acceptors (Lipinski definition) is 2. The molecule has 0 unspecified atom stereocenters. The Morgan fingerprint density at radius 1 is 1.55 bits per heavy atom. The standard InChI is InChI=1S/C7H15O3S/c1-6(2)7(3,4)5-11(8,9)10/h6H,1,5H2,2-4H3,(H,8,9,10)/t6-/m0/s1. The van der Waals surface area contributed by atoms with Crippen LogP contribution in [0.1, 0.15) is 20.8 Å². The van der Waals surface area contributed by atoms with Crippen LogP contribution in [0.3, 0.4) is 0 Å². The van der Waals surface area contributed by atoms with E-state index in [9.17, 15) is 8.42 Å². The molecule has 0 aliphatic heterocycles. The first-order valence-electron chi connectivity index (χ1n) is 3.43. The Hall–Kier alpha value is -0.0900. The van der Waals surface area contributed by atoms with Crippen LogP contribution in [0.4, 0.5) is 0 Å². The van der Waals surface area contributed by atoms with Crippen LogP contribution in [0.2, 0.25) is 0 Å². The third kappa shape index (κ3) is 4.37. The van der Waals surface area contributed by atoms with Crippen LogP contribution in [0.5, 0.6) is 0 Å². The molecule has 0 saturated heterocycles. The fraction of sp³-hybridized carbons (Fsp3) is 0.857. The smallest absolute Gasteiger partial charge is 0.265 e. The number of rotatable bonds is 3. The van der Waals surface area contributed by atoms with Crippen LogP contribution >= 0.6 is 0 Å². The van der Waals surface area contributed by atoms with Crippen LogP contribution in [0.15, 0.2) is 0 Å². The van der Waals surface area contributed by atoms with Crippen LogP contribution < -0.4 is 0 Å². The molecule has 0 fully saturated rings. The molecule has 0 aliphatic rings. The monoisotopic (exact) mass is 179 g/mol. The van der Waals surface area contributed by atoms with E-state index in [0.29, 0.717) is 0 Å². The summed E-state index contributed by atoms with van der Waals surface area (Å²) in [7, 11) is -3.87. The normalized spacial score (nSPS) is 14.0. The minimum absolute atomic E-state index is 0.00979. The average molecular weight is 179 g/mol. The van der Waals surface area contributed by atoms with E-state index in [0.717, 1.165) is 0 Å². The Morgan fingerprint density at radius 2 is 1.91 bits per heavy atom. The van der Waals surface area contributed by atoms with Gasteiger partial charge < -0.3 is 0 Å². The lowest BCUT2D eigenvalue weighted by Gasteiger charge is -2.27. The van der Waals surface area contributed by atoms with Gasteiger partial charge in [0.05, 0.1) is 5.75 Å². The van der Waals surface area contributed by atoms with Crippen molar-refractivity contribution in [1.29, 1.82) is 0 Å². The number of hydrogen-bond donors (Lipinski definition) is 1. The van der Waals surface area contributed by atoms with Gasteiger partial charge in [0.1, 0.15) is 0 Å². The predicted molar refractivity (Wildman–Crippen MR) is 44.7 cm³/mol. The molecule has 0 amide bonds. The summed E-state index contributed by atoms with van der Waals surface area (Å²) in [6.45, 7) is 9.07. The van der Waals surface area contributed by atoms with Gasteiger partial charge in [-0.25, -0.2) is 0 Å². The van der Waals surface area contributed by atoms with E-state index in [2.05, 4.69) is 6.92 Å². The van der Waals surface area contributed by atoms with Crippen molar-refractivity contribution in [3.63, 3.8) is 0 Å². The Morgan fingerprint density at radius 3 is 2.00 bits per heavy atom. The summed E-state index contributed by atoms with van der Waals surface area (Å²) in [6, 6.07) is 0. The second-order valence-electron chi connectivity index (χ2n) is 3.62. The lowest BCUT2D eigenvalue weighted by molar-refractivity contribution is 0.305. The first kappa shape index (κ1) is 10.9. The topological polar surface area (TPSA) is 54.4 Å². The molecule has 0 rings (SSSR count). The van der Waals surface area contributed by atoms with Gasteiger partial charge in [-0.15, -0.1) is 0 Å². The molecule has 0 aliphatic carbocycles. The van der Waals surface area contributed by atoms with Crippen LogP contribution in [0.25, 0.3) is 0 Å². The van der Waals surface area contributed by atoms with E-state index < -0.39 is 15.5 Å². The Balaban J connectivity index is 4.38. The lowest BCUT2D eigenvalue weighted by Crippen LogP contribution is -2.28. The average Bonchev–Trinajstić information content (AvgIpc) is 1.56. The van der Waals surface area contributed by atoms with Crippen molar-refractivity contribution in [2.24, 2.45) is 11.3 Å². The van der Waals surface area contributed by atoms with Gasteiger partial charge in [0, 0.05) is 0 Å². The minimum atomic E-state index is -3.87. The summed E-state index contributed by atoms with van der Waals surface area (Å²) < 4.78 is 29.5. The van der Waals surface area contributed by atoms with E-state index in [-0.39, 0.29) is 11.7 Å². The van der Waals surface area contributed by atoms with Crippen molar-refractivity contribution in [2.45, 2.75) is 20.8 Å². The molecule has 0 bridgehead atoms. The Labute approximate surface area is 68.6 Å². The summed E-state index contributed by atoms with van der Waals surface area (Å²) in [5.41, 5.74) is -0.465. The highest BCUT2D eigenvalue weighted by molar-refractivity contribution is 7.85. The zero-order chi connectivity index (χ0) is 9.28. The second kappa shape index (κ2) is 3.11. The molecule has 1 atom stereocenters. The van der Waals surface area contributed by atoms with Crippen LogP contribution in [-0.4, -0.2) is 18.7 Å². The summed E-state index contributed by atoms with van der Waals surface area (Å²) in [6.07, 6.45) is 0. The van der Waals surface area contributed by atoms with E-state index in [1.54, 1.807) is 13.8 Å². The van der Waals surface area contributed by atoms with Gasteiger partial charge in [-0.05, 0) is 18.3 Å². The van der Waals surface area contributed by atoms with E-state index in [4.69, 9.17) is 4.55 Å². The molecule has 0 saturated carbocycles. The maximum atomic E-state index is 10.5. The SMILES string of the molecule is [CH2][C@@H](C)C(C)(C)CS(=O)(=O)O. The molecule has 1 radical (unpaired) electrons. The van der Waals surface area contributed by atoms with E-state index in [1.165, 1.54) is 0 Å². The zero-order valence-corrected chi connectivity index (χ0v) is 7.98. The molecule has 4 heteroatoms. The molecule has 67 valence electrons. The fourth-order valence-electron chi connectivity index (χ4n) is 0.612. The minimum Gasteiger partial charge on any atom is -0.286 e. The highest BCUT2D eigenvalue weighted by atomic mass is 32.2. The van der Waals surface area contributed by atoms with Gasteiger partial charge in [0.15, 0.2) is 0 Å². The summed E-state index contributed by atoms with van der Waals surface area (Å²) in [4.78, 5) is 0. The van der Waals surface area contributed by atoms with Gasteiger partial charge in [-0.3, -0.25) is 4.55 Å². The Bertz CT molecular complexity index is 214. The van der Waals surface area contributed by atoms with Crippen molar-refractivity contribution in [3.8, 4) is 0 Å². The van der Waals surface area contributed by atoms with Gasteiger partial charge in [-0.1, -0.05) is 20.8 Å². The molecule has 0 aromatic carbocycles. The van der Waals surface area contributed by atoms with Gasteiger partial charge >= 0.3 is 0 Å². The second-order valence-corrected chi connectivity index (χ2v) is 5.07. The molecular formula is C7H15O3S. The predicted octanol–water partition coefficient (Wildman–Crippen LogP) is 1.37. The van der Waals surface area contributed by atoms with Crippen molar-refractivity contribution >= 4 is 10.1 Å². The third-order valence-electron chi connectivity index (χ3n) is 1.89. The molecule has 0 heterocycles. The van der Waals surface area contributed by atoms with Crippen LogP contribution in [0, 0.1) is 18.3 Å². The zero-order valence-electron chi connectivity index (χ0n) is 7.16. The van der Waals surface area contributed by atoms with Gasteiger partial charge in [-0.2, -0.15) is 8.42 Å². The van der Waals surface area contributed by atoms with Crippen molar-refractivity contribution in [1.82, 2.24) is 0 Å². The van der Waals surface area contributed by atoms with Gasteiger partial charge in [0.25, 0.3) is 10.1 Å². The molecule has 1 N–H and O–H groups in total. The maximum Gasteiger partial charge on any atom is 0.265 e. The van der Waals surface area contributed by atoms with Crippen LogP contribution in [-0.2, 0) is 10.1 Å². The molecule has 0 spiro atoms. The van der Waals surface area contributed by atoms with Crippen molar-refractivity contribution in [2.75, 3.05) is 5.75 Å². The molecule has 11 heavy (non-hydrogen) atoms.